The van der Waals surface area contributed by atoms with Crippen LogP contribution in [0.25, 0.3) is 77.2 Å². The lowest BCUT2D eigenvalue weighted by Gasteiger charge is -2.22. The monoisotopic (exact) mass is 993 g/mol. The van der Waals surface area contributed by atoms with Crippen molar-refractivity contribution in [1.29, 1.82) is 5.26 Å². The normalized spacial score (nSPS) is 13.3. The minimum atomic E-state index is -5.47. The van der Waals surface area contributed by atoms with Crippen molar-refractivity contribution in [3.8, 4) is 39.7 Å². The molecule has 0 saturated heterocycles. The number of halogens is 18. The van der Waals surface area contributed by atoms with Crippen LogP contribution in [0, 0.1) is 11.3 Å². The zero-order valence-electron chi connectivity index (χ0n) is 34.3. The van der Waals surface area contributed by atoms with Gasteiger partial charge in [0.25, 0.3) is 0 Å². The Labute approximate surface area is 379 Å². The summed E-state index contributed by atoms with van der Waals surface area (Å²) in [5.41, 5.74) is -13.7. The van der Waals surface area contributed by atoms with Crippen LogP contribution >= 0.6 is 0 Å². The molecule has 21 heteroatoms. The Kier molecular flexibility index (Phi) is 10.6. The minimum absolute atomic E-state index is 0.182. The number of hydrogen-bond acceptors (Lipinski definition) is 1. The highest BCUT2D eigenvalue weighted by molar-refractivity contribution is 6.12. The van der Waals surface area contributed by atoms with Crippen LogP contribution in [0.3, 0.4) is 0 Å². The molecule has 3 nitrogen and oxygen atoms in total. The molecule has 0 saturated carbocycles. The van der Waals surface area contributed by atoms with E-state index in [2.05, 4.69) is 0 Å². The SMILES string of the molecule is N#Cc1ccc(-n2c3ccc(C(F)(F)F)cc3c3cc(C(F)(F)F)ccc32)c(-c2ccc(-c3c(C(F)(F)F)cccc3C(F)(F)F)cc2-n2c3ccc(C(F)(F)F)cc3c3cc(C(F)(F)F)ccc32)c1. The van der Waals surface area contributed by atoms with Gasteiger partial charge in [0, 0.05) is 38.2 Å². The Morgan fingerprint density at radius 2 is 0.714 bits per heavy atom. The summed E-state index contributed by atoms with van der Waals surface area (Å²) in [5, 5.41) is 8.34. The molecule has 358 valence electrons. The lowest BCUT2D eigenvalue weighted by Crippen LogP contribution is -2.14. The van der Waals surface area contributed by atoms with Crippen LogP contribution in [0.4, 0.5) is 79.0 Å². The van der Waals surface area contributed by atoms with Gasteiger partial charge in [-0.2, -0.15) is 84.3 Å². The molecule has 0 radical (unpaired) electrons. The van der Waals surface area contributed by atoms with Gasteiger partial charge >= 0.3 is 37.1 Å². The Hall–Kier alpha value is -7.63. The lowest BCUT2D eigenvalue weighted by atomic mass is 9.90. The van der Waals surface area contributed by atoms with E-state index in [1.165, 1.54) is 16.7 Å². The largest absolute Gasteiger partial charge is 0.417 e. The molecule has 0 N–H and O–H groups in total. The summed E-state index contributed by atoms with van der Waals surface area (Å²) in [4.78, 5) is 0. The second-order valence-electron chi connectivity index (χ2n) is 15.9. The van der Waals surface area contributed by atoms with Gasteiger partial charge in [-0.1, -0.05) is 18.2 Å². The number of alkyl halides is 18. The fourth-order valence-corrected chi connectivity index (χ4v) is 8.72. The number of nitriles is 1. The molecular formula is C49H21F18N3. The van der Waals surface area contributed by atoms with Gasteiger partial charge < -0.3 is 9.13 Å². The Balaban J connectivity index is 1.47. The van der Waals surface area contributed by atoms with Crippen molar-refractivity contribution in [3.05, 3.63) is 166 Å². The Morgan fingerprint density at radius 3 is 1.06 bits per heavy atom. The molecule has 9 aromatic rings. The average molecular weight is 994 g/mol. The first-order chi connectivity index (χ1) is 32.5. The zero-order valence-corrected chi connectivity index (χ0v) is 34.3. The average Bonchev–Trinajstić information content (AvgIpc) is 3.78. The van der Waals surface area contributed by atoms with E-state index in [1.807, 2.05) is 6.07 Å². The summed E-state index contributed by atoms with van der Waals surface area (Å²) in [6, 6.07) is 16.9. The van der Waals surface area contributed by atoms with Crippen LogP contribution in [-0.4, -0.2) is 9.13 Å². The van der Waals surface area contributed by atoms with Gasteiger partial charge in [0.05, 0.1) is 78.5 Å². The number of nitrogens with zero attached hydrogens (tertiary/aromatic N) is 3. The first-order valence-electron chi connectivity index (χ1n) is 19.9. The molecule has 0 bridgehead atoms. The maximum absolute atomic E-state index is 14.7. The predicted octanol–water partition coefficient (Wildman–Crippen LogP) is 17.2. The highest BCUT2D eigenvalue weighted by atomic mass is 19.4. The minimum Gasteiger partial charge on any atom is -0.309 e. The van der Waals surface area contributed by atoms with E-state index in [1.54, 1.807) is 0 Å². The first kappa shape index (κ1) is 47.4. The third-order valence-corrected chi connectivity index (χ3v) is 11.7. The molecule has 0 spiro atoms. The van der Waals surface area contributed by atoms with E-state index in [0.29, 0.717) is 66.7 Å². The van der Waals surface area contributed by atoms with Crippen LogP contribution in [0.5, 0.6) is 0 Å². The summed E-state index contributed by atoms with van der Waals surface area (Å²) in [7, 11) is 0. The van der Waals surface area contributed by atoms with Gasteiger partial charge in [-0.3, -0.25) is 0 Å². The van der Waals surface area contributed by atoms with E-state index in [4.69, 9.17) is 0 Å². The van der Waals surface area contributed by atoms with Gasteiger partial charge in [0.1, 0.15) is 0 Å². The molecule has 0 fully saturated rings. The summed E-state index contributed by atoms with van der Waals surface area (Å²) in [6.07, 6.45) is -31.1. The van der Waals surface area contributed by atoms with Gasteiger partial charge in [-0.05, 0) is 115 Å². The van der Waals surface area contributed by atoms with Crippen molar-refractivity contribution < 1.29 is 79.0 Å². The van der Waals surface area contributed by atoms with Crippen LogP contribution in [-0.2, 0) is 37.1 Å². The van der Waals surface area contributed by atoms with Crippen LogP contribution < -0.4 is 0 Å². The second kappa shape index (κ2) is 15.7. The van der Waals surface area contributed by atoms with Crippen LogP contribution in [0.1, 0.15) is 38.9 Å². The highest BCUT2D eigenvalue weighted by Gasteiger charge is 2.42. The summed E-state index contributed by atoms with van der Waals surface area (Å²) < 4.78 is 261. The molecule has 70 heavy (non-hydrogen) atoms. The van der Waals surface area contributed by atoms with E-state index < -0.39 is 98.0 Å². The second-order valence-corrected chi connectivity index (χ2v) is 15.9. The Bertz CT molecular complexity index is 3470. The molecular weight excluding hydrogens is 973 g/mol. The van der Waals surface area contributed by atoms with Crippen molar-refractivity contribution in [2.24, 2.45) is 0 Å². The third kappa shape index (κ3) is 8.07. The molecule has 0 atom stereocenters. The van der Waals surface area contributed by atoms with Crippen molar-refractivity contribution >= 4 is 43.6 Å². The molecule has 2 heterocycles. The maximum atomic E-state index is 14.7. The fraction of sp³-hybridized carbons (Fsp3) is 0.122. The number of rotatable bonds is 4. The van der Waals surface area contributed by atoms with E-state index >= 15 is 0 Å². The maximum Gasteiger partial charge on any atom is 0.417 e. The number of fused-ring (bicyclic) bond motifs is 6. The zero-order chi connectivity index (χ0) is 50.8. The quantitative estimate of drug-likeness (QED) is 0.162. The molecule has 0 aliphatic carbocycles. The molecule has 0 unspecified atom stereocenters. The smallest absolute Gasteiger partial charge is 0.309 e. The summed E-state index contributed by atoms with van der Waals surface area (Å²) in [5.74, 6) is 0. The summed E-state index contributed by atoms with van der Waals surface area (Å²) in [6.45, 7) is 0. The van der Waals surface area contributed by atoms with Crippen molar-refractivity contribution in [3.63, 3.8) is 0 Å². The van der Waals surface area contributed by atoms with Crippen molar-refractivity contribution in [1.82, 2.24) is 9.13 Å². The highest BCUT2D eigenvalue weighted by Crippen LogP contribution is 2.49. The van der Waals surface area contributed by atoms with Gasteiger partial charge in [-0.15, -0.1) is 0 Å². The van der Waals surface area contributed by atoms with Gasteiger partial charge in [0.2, 0.25) is 0 Å². The van der Waals surface area contributed by atoms with Crippen LogP contribution in [0.2, 0.25) is 0 Å². The van der Waals surface area contributed by atoms with Crippen molar-refractivity contribution in [2.75, 3.05) is 0 Å². The van der Waals surface area contributed by atoms with E-state index in [0.717, 1.165) is 53.1 Å². The van der Waals surface area contributed by atoms with E-state index in [-0.39, 0.29) is 55.2 Å². The number of hydrogen-bond donors (Lipinski definition) is 0. The fourth-order valence-electron chi connectivity index (χ4n) is 8.72. The Morgan fingerprint density at radius 1 is 0.343 bits per heavy atom. The van der Waals surface area contributed by atoms with Crippen LogP contribution in [0.15, 0.2) is 127 Å². The molecule has 0 aliphatic heterocycles. The molecule has 2 aromatic heterocycles. The van der Waals surface area contributed by atoms with Gasteiger partial charge in [0.15, 0.2) is 0 Å². The van der Waals surface area contributed by atoms with Crippen molar-refractivity contribution in [2.45, 2.75) is 37.1 Å². The predicted molar refractivity (Wildman–Crippen MR) is 221 cm³/mol. The first-order valence-corrected chi connectivity index (χ1v) is 19.9. The van der Waals surface area contributed by atoms with Gasteiger partial charge in [-0.25, -0.2) is 0 Å². The third-order valence-electron chi connectivity index (χ3n) is 11.7. The number of benzene rings is 7. The molecule has 0 aliphatic rings. The number of aromatic nitrogens is 2. The molecule has 0 amide bonds. The topological polar surface area (TPSA) is 33.6 Å². The van der Waals surface area contributed by atoms with E-state index in [9.17, 15) is 84.3 Å². The molecule has 7 aromatic carbocycles. The lowest BCUT2D eigenvalue weighted by molar-refractivity contribution is -0.142. The molecule has 9 rings (SSSR count). The summed E-state index contributed by atoms with van der Waals surface area (Å²) >= 11 is 0. The standard InChI is InChI=1S/C49H21F18N3/c50-44(51,52)25-6-12-38-31(18-25)32-19-26(45(53,54)55)7-13-39(32)69(38)37-11-4-23(22-68)16-30(37)29-10-5-24(43-35(48(62,63)64)2-1-3-36(43)49(65,66)67)17-42(29)70-40-14-8-27(46(56,57)58)20-33(40)34-21-28(47(59,60)61)9-15-41(34)70/h1-21H.